The minimum absolute atomic E-state index is 0.00266. The first-order valence-electron chi connectivity index (χ1n) is 9.58. The van der Waals surface area contributed by atoms with Gasteiger partial charge in [-0.1, -0.05) is 30.3 Å². The number of ether oxygens (including phenoxy) is 1. The largest absolute Gasteiger partial charge is 0.496 e. The van der Waals surface area contributed by atoms with E-state index in [1.54, 1.807) is 25.3 Å². The molecule has 7 heteroatoms. The summed E-state index contributed by atoms with van der Waals surface area (Å²) in [6.45, 7) is 4.17. The molecule has 29 heavy (non-hydrogen) atoms. The molecule has 0 aliphatic rings. The number of methoxy groups -OCH3 is 1. The summed E-state index contributed by atoms with van der Waals surface area (Å²) in [5.41, 5.74) is 3.65. The topological polar surface area (TPSA) is 91.8 Å². The third kappa shape index (κ3) is 6.48. The zero-order valence-corrected chi connectivity index (χ0v) is 17.4. The van der Waals surface area contributed by atoms with Crippen molar-refractivity contribution < 1.29 is 19.4 Å². The van der Waals surface area contributed by atoms with Crippen molar-refractivity contribution in [2.24, 2.45) is 0 Å². The third-order valence-electron chi connectivity index (χ3n) is 4.84. The zero-order chi connectivity index (χ0) is 21.4. The Kier molecular flexibility index (Phi) is 8.00. The lowest BCUT2D eigenvalue weighted by Gasteiger charge is -2.24. The average Bonchev–Trinajstić information content (AvgIpc) is 2.69. The smallest absolute Gasteiger partial charge is 0.317 e. The van der Waals surface area contributed by atoms with E-state index in [0.29, 0.717) is 19.4 Å². The lowest BCUT2D eigenvalue weighted by molar-refractivity contribution is -0.137. The molecule has 156 valence electrons. The van der Waals surface area contributed by atoms with Crippen molar-refractivity contribution in [2.45, 2.75) is 45.7 Å². The molecule has 1 heterocycles. The van der Waals surface area contributed by atoms with Crippen molar-refractivity contribution in [1.82, 2.24) is 15.2 Å². The van der Waals surface area contributed by atoms with E-state index in [1.165, 1.54) is 0 Å². The lowest BCUT2D eigenvalue weighted by atomic mass is 10.0. The number of aliphatic carboxylic acids is 1. The van der Waals surface area contributed by atoms with Gasteiger partial charge < -0.3 is 20.1 Å². The van der Waals surface area contributed by atoms with Crippen molar-refractivity contribution >= 4 is 12.0 Å². The second kappa shape index (κ2) is 10.5. The maximum atomic E-state index is 12.7. The predicted octanol–water partition coefficient (Wildman–Crippen LogP) is 3.32. The van der Waals surface area contributed by atoms with E-state index in [-0.39, 0.29) is 18.5 Å². The SMILES string of the molecule is COc1c(C)cnc(CN(C)C(=O)NC(CCC(=O)O)Cc2ccccc2)c1C. The van der Waals surface area contributed by atoms with Crippen LogP contribution in [0.5, 0.6) is 5.75 Å². The van der Waals surface area contributed by atoms with Gasteiger partial charge in [0.05, 0.1) is 19.3 Å². The van der Waals surface area contributed by atoms with E-state index in [1.807, 2.05) is 44.2 Å². The number of pyridine rings is 1. The number of carbonyl (C=O) groups is 2. The first kappa shape index (κ1) is 22.2. The summed E-state index contributed by atoms with van der Waals surface area (Å²) in [6.07, 6.45) is 2.66. The van der Waals surface area contributed by atoms with Gasteiger partial charge in [-0.2, -0.15) is 0 Å². The lowest BCUT2D eigenvalue weighted by Crippen LogP contribution is -2.44. The maximum absolute atomic E-state index is 12.7. The van der Waals surface area contributed by atoms with Gasteiger partial charge in [0.15, 0.2) is 0 Å². The molecule has 1 aromatic heterocycles. The summed E-state index contributed by atoms with van der Waals surface area (Å²) in [6, 6.07) is 9.17. The number of hydrogen-bond acceptors (Lipinski definition) is 4. The van der Waals surface area contributed by atoms with Gasteiger partial charge in [0, 0.05) is 36.8 Å². The number of aromatic nitrogens is 1. The first-order chi connectivity index (χ1) is 13.8. The Morgan fingerprint density at radius 2 is 1.93 bits per heavy atom. The Balaban J connectivity index is 2.06. The molecule has 1 aromatic carbocycles. The van der Waals surface area contributed by atoms with E-state index in [2.05, 4.69) is 10.3 Å². The van der Waals surface area contributed by atoms with Crippen LogP contribution in [-0.2, 0) is 17.8 Å². The fourth-order valence-corrected chi connectivity index (χ4v) is 3.23. The Morgan fingerprint density at radius 1 is 1.24 bits per heavy atom. The number of urea groups is 1. The summed E-state index contributed by atoms with van der Waals surface area (Å²) < 4.78 is 5.43. The molecule has 0 saturated heterocycles. The number of carbonyl (C=O) groups excluding carboxylic acids is 1. The molecule has 1 unspecified atom stereocenters. The minimum Gasteiger partial charge on any atom is -0.496 e. The number of nitrogens with one attached hydrogen (secondary N) is 1. The number of carboxylic acids is 1. The number of rotatable bonds is 9. The molecule has 2 aromatic rings. The second-order valence-corrected chi connectivity index (χ2v) is 7.17. The van der Waals surface area contributed by atoms with E-state index in [4.69, 9.17) is 9.84 Å². The van der Waals surface area contributed by atoms with Crippen LogP contribution in [0.1, 0.15) is 35.2 Å². The maximum Gasteiger partial charge on any atom is 0.317 e. The molecular formula is C22H29N3O4. The Hall–Kier alpha value is -3.09. The number of nitrogens with zero attached hydrogens (tertiary/aromatic N) is 2. The summed E-state index contributed by atoms with van der Waals surface area (Å²) in [5, 5.41) is 12.0. The molecule has 1 atom stereocenters. The Bertz CT molecular complexity index is 839. The molecule has 0 radical (unpaired) electrons. The van der Waals surface area contributed by atoms with Crippen LogP contribution >= 0.6 is 0 Å². The van der Waals surface area contributed by atoms with Gasteiger partial charge in [-0.05, 0) is 32.3 Å². The summed E-state index contributed by atoms with van der Waals surface area (Å²) in [7, 11) is 3.31. The molecule has 2 amide bonds. The zero-order valence-electron chi connectivity index (χ0n) is 17.4. The van der Waals surface area contributed by atoms with Crippen LogP contribution < -0.4 is 10.1 Å². The van der Waals surface area contributed by atoms with Crippen molar-refractivity contribution in [2.75, 3.05) is 14.2 Å². The highest BCUT2D eigenvalue weighted by molar-refractivity contribution is 5.74. The van der Waals surface area contributed by atoms with Crippen LogP contribution in [0, 0.1) is 13.8 Å². The molecule has 0 spiro atoms. The fourth-order valence-electron chi connectivity index (χ4n) is 3.23. The number of carboxylic acid groups (broad SMARTS) is 1. The monoisotopic (exact) mass is 399 g/mol. The fraction of sp³-hybridized carbons (Fsp3) is 0.409. The highest BCUT2D eigenvalue weighted by Crippen LogP contribution is 2.24. The molecule has 0 fully saturated rings. The van der Waals surface area contributed by atoms with Gasteiger partial charge in [0.2, 0.25) is 0 Å². The minimum atomic E-state index is -0.878. The van der Waals surface area contributed by atoms with Crippen LogP contribution in [0.2, 0.25) is 0 Å². The molecule has 0 bridgehead atoms. The van der Waals surface area contributed by atoms with Crippen molar-refractivity contribution in [3.05, 3.63) is 58.9 Å². The van der Waals surface area contributed by atoms with Crippen molar-refractivity contribution in [3.8, 4) is 5.75 Å². The highest BCUT2D eigenvalue weighted by Gasteiger charge is 2.19. The van der Waals surface area contributed by atoms with Crippen LogP contribution in [-0.4, -0.2) is 47.2 Å². The summed E-state index contributed by atoms with van der Waals surface area (Å²) in [4.78, 5) is 29.7. The molecule has 2 N–H and O–H groups in total. The standard InChI is InChI=1S/C22H29N3O4/c1-15-13-23-19(16(2)21(15)29-4)14-25(3)22(28)24-18(10-11-20(26)27)12-17-8-6-5-7-9-17/h5-9,13,18H,10-12,14H2,1-4H3,(H,24,28)(H,26,27). The van der Waals surface area contributed by atoms with E-state index in [0.717, 1.165) is 28.1 Å². The van der Waals surface area contributed by atoms with Crippen molar-refractivity contribution in [3.63, 3.8) is 0 Å². The van der Waals surface area contributed by atoms with Gasteiger partial charge in [-0.3, -0.25) is 9.78 Å². The van der Waals surface area contributed by atoms with E-state index in [9.17, 15) is 9.59 Å². The first-order valence-corrected chi connectivity index (χ1v) is 9.58. The van der Waals surface area contributed by atoms with Gasteiger partial charge in [0.1, 0.15) is 5.75 Å². The van der Waals surface area contributed by atoms with Crippen LogP contribution in [0.3, 0.4) is 0 Å². The average molecular weight is 399 g/mol. The van der Waals surface area contributed by atoms with Crippen molar-refractivity contribution in [1.29, 1.82) is 0 Å². The molecule has 0 aliphatic heterocycles. The number of aryl methyl sites for hydroxylation is 1. The van der Waals surface area contributed by atoms with Gasteiger partial charge in [0.25, 0.3) is 0 Å². The van der Waals surface area contributed by atoms with Gasteiger partial charge in [-0.25, -0.2) is 4.79 Å². The molecule has 2 rings (SSSR count). The van der Waals surface area contributed by atoms with E-state index >= 15 is 0 Å². The van der Waals surface area contributed by atoms with Crippen LogP contribution in [0.25, 0.3) is 0 Å². The molecule has 0 aliphatic carbocycles. The summed E-state index contributed by atoms with van der Waals surface area (Å²) >= 11 is 0. The second-order valence-electron chi connectivity index (χ2n) is 7.17. The molecule has 7 nitrogen and oxygen atoms in total. The van der Waals surface area contributed by atoms with E-state index < -0.39 is 5.97 Å². The third-order valence-corrected chi connectivity index (χ3v) is 4.84. The quantitative estimate of drug-likeness (QED) is 0.675. The van der Waals surface area contributed by atoms with Crippen LogP contribution in [0.4, 0.5) is 4.79 Å². The van der Waals surface area contributed by atoms with Gasteiger partial charge in [-0.15, -0.1) is 0 Å². The number of amides is 2. The molecular weight excluding hydrogens is 370 g/mol. The Morgan fingerprint density at radius 3 is 2.55 bits per heavy atom. The van der Waals surface area contributed by atoms with Crippen LogP contribution in [0.15, 0.2) is 36.5 Å². The van der Waals surface area contributed by atoms with Gasteiger partial charge >= 0.3 is 12.0 Å². The Labute approximate surface area is 171 Å². The molecule has 0 saturated carbocycles. The normalized spacial score (nSPS) is 11.6. The highest BCUT2D eigenvalue weighted by atomic mass is 16.5. The predicted molar refractivity (Wildman–Crippen MR) is 111 cm³/mol. The number of hydrogen-bond donors (Lipinski definition) is 2. The summed E-state index contributed by atoms with van der Waals surface area (Å²) in [5.74, 6) is -0.107. The number of benzene rings is 1.